The van der Waals surface area contributed by atoms with Crippen molar-refractivity contribution in [1.29, 1.82) is 0 Å². The van der Waals surface area contributed by atoms with Gasteiger partial charge in [0.15, 0.2) is 0 Å². The monoisotopic (exact) mass is 412 g/mol. The van der Waals surface area contributed by atoms with Crippen LogP contribution < -0.4 is 10.6 Å². The van der Waals surface area contributed by atoms with E-state index in [-0.39, 0.29) is 18.9 Å². The van der Waals surface area contributed by atoms with E-state index >= 15 is 0 Å². The zero-order chi connectivity index (χ0) is 21.9. The Labute approximate surface area is 176 Å². The van der Waals surface area contributed by atoms with Gasteiger partial charge in [0.25, 0.3) is 0 Å². The largest absolute Gasteiger partial charge is 0.480 e. The van der Waals surface area contributed by atoms with Gasteiger partial charge in [0.2, 0.25) is 5.91 Å². The number of ether oxygens (including phenoxy) is 1. The average Bonchev–Trinajstić information content (AvgIpc) is 2.76. The minimum atomic E-state index is -1.14. The third-order valence-corrected chi connectivity index (χ3v) is 4.88. The normalized spacial score (nSPS) is 13.5. The van der Waals surface area contributed by atoms with Gasteiger partial charge in [-0.3, -0.25) is 4.79 Å². The Bertz CT molecular complexity index is 826. The van der Waals surface area contributed by atoms with Crippen LogP contribution in [0.3, 0.4) is 0 Å². The van der Waals surface area contributed by atoms with Gasteiger partial charge in [-0.2, -0.15) is 0 Å². The van der Waals surface area contributed by atoms with Crippen molar-refractivity contribution in [3.8, 4) is 0 Å². The van der Waals surface area contributed by atoms with Crippen LogP contribution >= 0.6 is 0 Å². The Morgan fingerprint density at radius 2 is 1.50 bits per heavy atom. The molecule has 0 unspecified atom stereocenters. The molecule has 3 N–H and O–H groups in total. The summed E-state index contributed by atoms with van der Waals surface area (Å²) in [6, 6.07) is 16.2. The van der Waals surface area contributed by atoms with Crippen LogP contribution in [-0.4, -0.2) is 35.2 Å². The van der Waals surface area contributed by atoms with Gasteiger partial charge in [-0.25, -0.2) is 9.59 Å². The fraction of sp³-hybridized carbons (Fsp3) is 0.348. The van der Waals surface area contributed by atoms with Crippen molar-refractivity contribution in [2.75, 3.05) is 0 Å². The second kappa shape index (κ2) is 11.6. The maximum atomic E-state index is 12.8. The number of hydrogen-bond acceptors (Lipinski definition) is 4. The van der Waals surface area contributed by atoms with E-state index in [9.17, 15) is 19.5 Å². The third kappa shape index (κ3) is 7.24. The Kier molecular flexibility index (Phi) is 8.87. The molecular formula is C23H28N2O5. The molecule has 0 fully saturated rings. The summed E-state index contributed by atoms with van der Waals surface area (Å²) < 4.78 is 5.21. The number of benzene rings is 2. The summed E-state index contributed by atoms with van der Waals surface area (Å²) in [6.07, 6.45) is 0.0374. The first-order valence-electron chi connectivity index (χ1n) is 9.95. The van der Waals surface area contributed by atoms with E-state index in [2.05, 4.69) is 10.6 Å². The van der Waals surface area contributed by atoms with Crippen LogP contribution in [0.4, 0.5) is 4.79 Å². The molecule has 2 aromatic rings. The van der Waals surface area contributed by atoms with E-state index in [0.717, 1.165) is 11.1 Å². The van der Waals surface area contributed by atoms with E-state index in [1.165, 1.54) is 0 Å². The Balaban J connectivity index is 2.00. The third-order valence-electron chi connectivity index (χ3n) is 4.88. The van der Waals surface area contributed by atoms with E-state index in [1.54, 1.807) is 12.1 Å². The number of carboxylic acids is 1. The summed E-state index contributed by atoms with van der Waals surface area (Å²) >= 11 is 0. The summed E-state index contributed by atoms with van der Waals surface area (Å²) in [5, 5.41) is 14.7. The van der Waals surface area contributed by atoms with Crippen LogP contribution in [0.25, 0.3) is 0 Å². The van der Waals surface area contributed by atoms with Crippen molar-refractivity contribution in [2.24, 2.45) is 5.92 Å². The second-order valence-corrected chi connectivity index (χ2v) is 7.16. The number of nitrogens with one attached hydrogen (secondary N) is 2. The second-order valence-electron chi connectivity index (χ2n) is 7.16. The molecule has 0 saturated heterocycles. The minimum Gasteiger partial charge on any atom is -0.480 e. The van der Waals surface area contributed by atoms with Crippen LogP contribution in [0.2, 0.25) is 0 Å². The van der Waals surface area contributed by atoms with Crippen LogP contribution in [0, 0.1) is 5.92 Å². The topological polar surface area (TPSA) is 105 Å². The fourth-order valence-corrected chi connectivity index (χ4v) is 2.91. The number of alkyl carbamates (subject to hydrolysis) is 1. The van der Waals surface area contributed by atoms with Gasteiger partial charge in [0, 0.05) is 6.42 Å². The molecule has 0 aliphatic carbocycles. The lowest BCUT2D eigenvalue weighted by Crippen LogP contribution is -2.54. The number of hydrogen-bond donors (Lipinski definition) is 3. The summed E-state index contributed by atoms with van der Waals surface area (Å²) in [5.74, 6) is -1.90. The minimum absolute atomic E-state index is 0.0767. The predicted molar refractivity (Wildman–Crippen MR) is 113 cm³/mol. The highest BCUT2D eigenvalue weighted by Crippen LogP contribution is 2.11. The van der Waals surface area contributed by atoms with Gasteiger partial charge in [-0.05, 0) is 17.0 Å². The summed E-state index contributed by atoms with van der Waals surface area (Å²) in [4.78, 5) is 36.7. The summed E-state index contributed by atoms with van der Waals surface area (Å²) in [6.45, 7) is 3.78. The Hall–Kier alpha value is -3.35. The van der Waals surface area contributed by atoms with Crippen LogP contribution in [-0.2, 0) is 27.4 Å². The Morgan fingerprint density at radius 3 is 2.03 bits per heavy atom. The molecule has 0 aliphatic rings. The SMILES string of the molecule is CC[C@H](C)[C@@H](NC(=O)OCc1ccccc1)C(=O)N[C@H](Cc1ccccc1)C(=O)O. The number of carbonyl (C=O) groups excluding carboxylic acids is 2. The van der Waals surface area contributed by atoms with Crippen molar-refractivity contribution in [1.82, 2.24) is 10.6 Å². The first-order chi connectivity index (χ1) is 14.4. The lowest BCUT2D eigenvalue weighted by atomic mass is 9.97. The van der Waals surface area contributed by atoms with Crippen LogP contribution in [0.1, 0.15) is 31.4 Å². The first kappa shape index (κ1) is 22.9. The number of aliphatic carboxylic acids is 1. The van der Waals surface area contributed by atoms with E-state index in [4.69, 9.17) is 4.74 Å². The highest BCUT2D eigenvalue weighted by atomic mass is 16.5. The highest BCUT2D eigenvalue weighted by Gasteiger charge is 2.30. The van der Waals surface area contributed by atoms with Gasteiger partial charge >= 0.3 is 12.1 Å². The number of amides is 2. The summed E-state index contributed by atoms with van der Waals surface area (Å²) in [7, 11) is 0. The van der Waals surface area contributed by atoms with Gasteiger partial charge in [-0.15, -0.1) is 0 Å². The number of carbonyl (C=O) groups is 3. The smallest absolute Gasteiger partial charge is 0.408 e. The molecule has 0 heterocycles. The highest BCUT2D eigenvalue weighted by molar-refractivity contribution is 5.89. The molecule has 7 nitrogen and oxygen atoms in total. The van der Waals surface area contributed by atoms with Gasteiger partial charge in [0.05, 0.1) is 0 Å². The van der Waals surface area contributed by atoms with Gasteiger partial charge < -0.3 is 20.5 Å². The number of carboxylic acid groups (broad SMARTS) is 1. The quantitative estimate of drug-likeness (QED) is 0.556. The molecule has 0 bridgehead atoms. The maximum Gasteiger partial charge on any atom is 0.408 e. The molecule has 2 amide bonds. The van der Waals surface area contributed by atoms with Crippen molar-refractivity contribution in [3.05, 3.63) is 71.8 Å². The Morgan fingerprint density at radius 1 is 0.933 bits per heavy atom. The molecule has 160 valence electrons. The lowest BCUT2D eigenvalue weighted by molar-refractivity contribution is -0.142. The molecule has 0 spiro atoms. The molecule has 0 aliphatic heterocycles. The van der Waals surface area contributed by atoms with Gasteiger partial charge in [-0.1, -0.05) is 80.9 Å². The molecule has 30 heavy (non-hydrogen) atoms. The molecule has 2 rings (SSSR count). The first-order valence-corrected chi connectivity index (χ1v) is 9.95. The maximum absolute atomic E-state index is 12.8. The average molecular weight is 412 g/mol. The molecule has 0 radical (unpaired) electrons. The summed E-state index contributed by atoms with van der Waals surface area (Å²) in [5.41, 5.74) is 1.62. The van der Waals surface area contributed by atoms with Gasteiger partial charge in [0.1, 0.15) is 18.7 Å². The van der Waals surface area contributed by atoms with E-state index < -0.39 is 30.1 Å². The predicted octanol–water partition coefficient (Wildman–Crippen LogP) is 3.14. The van der Waals surface area contributed by atoms with E-state index in [1.807, 2.05) is 62.4 Å². The van der Waals surface area contributed by atoms with Crippen molar-refractivity contribution in [3.63, 3.8) is 0 Å². The molecule has 0 aromatic heterocycles. The van der Waals surface area contributed by atoms with E-state index in [0.29, 0.717) is 6.42 Å². The molecule has 2 aromatic carbocycles. The van der Waals surface area contributed by atoms with Crippen LogP contribution in [0.5, 0.6) is 0 Å². The van der Waals surface area contributed by atoms with Crippen LogP contribution in [0.15, 0.2) is 60.7 Å². The fourth-order valence-electron chi connectivity index (χ4n) is 2.91. The molecule has 7 heteroatoms. The standard InChI is InChI=1S/C23H28N2O5/c1-3-16(2)20(25-23(29)30-15-18-12-8-5-9-13-18)21(26)24-19(22(27)28)14-17-10-6-4-7-11-17/h4-13,16,19-20H,3,14-15H2,1-2H3,(H,24,26)(H,25,29)(H,27,28)/t16-,19+,20+/m0/s1. The zero-order valence-corrected chi connectivity index (χ0v) is 17.2. The number of rotatable bonds is 10. The van der Waals surface area contributed by atoms with Crippen molar-refractivity contribution >= 4 is 18.0 Å². The van der Waals surface area contributed by atoms with Crippen molar-refractivity contribution in [2.45, 2.75) is 45.4 Å². The lowest BCUT2D eigenvalue weighted by Gasteiger charge is -2.25. The molecule has 0 saturated carbocycles. The zero-order valence-electron chi connectivity index (χ0n) is 17.2. The molecular weight excluding hydrogens is 384 g/mol. The van der Waals surface area contributed by atoms with Crippen molar-refractivity contribution < 1.29 is 24.2 Å². The molecule has 3 atom stereocenters.